The minimum Gasteiger partial charge on any atom is -0.465 e. The van der Waals surface area contributed by atoms with Crippen molar-refractivity contribution in [3.8, 4) is 6.07 Å². The van der Waals surface area contributed by atoms with E-state index < -0.39 is 11.9 Å². The van der Waals surface area contributed by atoms with Gasteiger partial charge in [-0.15, -0.1) is 0 Å². The third-order valence-corrected chi connectivity index (χ3v) is 3.06. The Balaban J connectivity index is 2.27. The van der Waals surface area contributed by atoms with Gasteiger partial charge in [-0.3, -0.25) is 4.79 Å². The van der Waals surface area contributed by atoms with E-state index in [0.717, 1.165) is 5.56 Å². The molecule has 2 aromatic rings. The fourth-order valence-electron chi connectivity index (χ4n) is 1.93. The van der Waals surface area contributed by atoms with Crippen molar-refractivity contribution in [2.24, 2.45) is 0 Å². The summed E-state index contributed by atoms with van der Waals surface area (Å²) < 4.78 is 4.67. The molecule has 0 aliphatic rings. The molecule has 0 bridgehead atoms. The second kappa shape index (κ2) is 7.57. The van der Waals surface area contributed by atoms with Gasteiger partial charge in [-0.2, -0.15) is 5.26 Å². The Morgan fingerprint density at radius 1 is 1.09 bits per heavy atom. The molecule has 0 aliphatic carbocycles. The van der Waals surface area contributed by atoms with Crippen LogP contribution in [0.25, 0.3) is 6.08 Å². The van der Waals surface area contributed by atoms with Gasteiger partial charge in [0.15, 0.2) is 0 Å². The van der Waals surface area contributed by atoms with E-state index in [1.807, 2.05) is 24.3 Å². The number of nitrogens with zero attached hydrogens (tertiary/aromatic N) is 1. The lowest BCUT2D eigenvalue weighted by molar-refractivity contribution is -0.112. The van der Waals surface area contributed by atoms with Gasteiger partial charge in [-0.1, -0.05) is 42.5 Å². The van der Waals surface area contributed by atoms with Crippen LogP contribution in [0.3, 0.4) is 0 Å². The van der Waals surface area contributed by atoms with Crippen LogP contribution in [0.5, 0.6) is 0 Å². The zero-order valence-corrected chi connectivity index (χ0v) is 12.4. The largest absolute Gasteiger partial charge is 0.465 e. The first-order valence-electron chi connectivity index (χ1n) is 6.81. The molecule has 0 aromatic heterocycles. The fraction of sp³-hybridized carbons (Fsp3) is 0.0556. The van der Waals surface area contributed by atoms with Crippen LogP contribution in [0.15, 0.2) is 60.2 Å². The summed E-state index contributed by atoms with van der Waals surface area (Å²) in [4.78, 5) is 24.0. The lowest BCUT2D eigenvalue weighted by atomic mass is 10.1. The van der Waals surface area contributed by atoms with E-state index in [1.54, 1.807) is 30.3 Å². The molecule has 0 radical (unpaired) electrons. The summed E-state index contributed by atoms with van der Waals surface area (Å²) in [6.45, 7) is 0. The van der Waals surface area contributed by atoms with Gasteiger partial charge < -0.3 is 10.1 Å². The molecular weight excluding hydrogens is 292 g/mol. The third kappa shape index (κ3) is 4.05. The Morgan fingerprint density at radius 3 is 2.39 bits per heavy atom. The highest BCUT2D eigenvalue weighted by molar-refractivity contribution is 6.11. The maximum Gasteiger partial charge on any atom is 0.339 e. The molecule has 0 fully saturated rings. The maximum atomic E-state index is 12.3. The number of hydrogen-bond donors (Lipinski definition) is 1. The average Bonchev–Trinajstić information content (AvgIpc) is 2.60. The van der Waals surface area contributed by atoms with Crippen molar-refractivity contribution in [3.05, 3.63) is 71.3 Å². The molecule has 0 saturated carbocycles. The van der Waals surface area contributed by atoms with Crippen LogP contribution in [-0.2, 0) is 9.53 Å². The van der Waals surface area contributed by atoms with Gasteiger partial charge in [0, 0.05) is 0 Å². The summed E-state index contributed by atoms with van der Waals surface area (Å²) in [5.41, 5.74) is 1.19. The average molecular weight is 306 g/mol. The zero-order valence-electron chi connectivity index (χ0n) is 12.4. The van der Waals surface area contributed by atoms with Gasteiger partial charge in [0.2, 0.25) is 0 Å². The van der Waals surface area contributed by atoms with Crippen molar-refractivity contribution in [2.75, 3.05) is 12.4 Å². The molecule has 114 valence electrons. The van der Waals surface area contributed by atoms with Crippen molar-refractivity contribution in [2.45, 2.75) is 0 Å². The Morgan fingerprint density at radius 2 is 1.74 bits per heavy atom. The first-order valence-corrected chi connectivity index (χ1v) is 6.81. The van der Waals surface area contributed by atoms with Gasteiger partial charge in [-0.05, 0) is 23.8 Å². The number of benzene rings is 2. The topological polar surface area (TPSA) is 79.2 Å². The molecule has 0 unspecified atom stereocenters. The van der Waals surface area contributed by atoms with Crippen LogP contribution in [0.1, 0.15) is 15.9 Å². The normalized spacial score (nSPS) is 10.5. The minimum absolute atomic E-state index is 0.0594. The van der Waals surface area contributed by atoms with E-state index in [4.69, 9.17) is 0 Å². The van der Waals surface area contributed by atoms with Crippen LogP contribution in [-0.4, -0.2) is 19.0 Å². The number of rotatable bonds is 4. The summed E-state index contributed by atoms with van der Waals surface area (Å²) in [6.07, 6.45) is 1.48. The van der Waals surface area contributed by atoms with Gasteiger partial charge in [0.25, 0.3) is 5.91 Å². The molecule has 2 aromatic carbocycles. The first-order chi connectivity index (χ1) is 11.2. The number of amides is 1. The number of esters is 1. The quantitative estimate of drug-likeness (QED) is 0.535. The Bertz CT molecular complexity index is 789. The summed E-state index contributed by atoms with van der Waals surface area (Å²) in [6, 6.07) is 17.3. The van der Waals surface area contributed by atoms with Crippen molar-refractivity contribution < 1.29 is 14.3 Å². The second-order valence-corrected chi connectivity index (χ2v) is 4.57. The minimum atomic E-state index is -0.590. The van der Waals surface area contributed by atoms with E-state index in [0.29, 0.717) is 5.69 Å². The molecule has 0 atom stereocenters. The molecule has 23 heavy (non-hydrogen) atoms. The molecule has 0 spiro atoms. The predicted octanol–water partition coefficient (Wildman–Crippen LogP) is 3.02. The number of hydrogen-bond acceptors (Lipinski definition) is 4. The van der Waals surface area contributed by atoms with Crippen molar-refractivity contribution in [3.63, 3.8) is 0 Å². The molecular formula is C18H14N2O3. The zero-order chi connectivity index (χ0) is 16.7. The number of anilines is 1. The third-order valence-electron chi connectivity index (χ3n) is 3.06. The number of carbonyl (C=O) groups is 2. The van der Waals surface area contributed by atoms with Crippen molar-refractivity contribution in [1.82, 2.24) is 0 Å². The van der Waals surface area contributed by atoms with Crippen LogP contribution >= 0.6 is 0 Å². The lowest BCUT2D eigenvalue weighted by Crippen LogP contribution is -2.16. The second-order valence-electron chi connectivity index (χ2n) is 4.57. The molecule has 5 heteroatoms. The van der Waals surface area contributed by atoms with Crippen molar-refractivity contribution in [1.29, 1.82) is 5.26 Å². The summed E-state index contributed by atoms with van der Waals surface area (Å²) in [5, 5.41) is 11.8. The smallest absolute Gasteiger partial charge is 0.339 e. The van der Waals surface area contributed by atoms with Gasteiger partial charge >= 0.3 is 5.97 Å². The Hall–Kier alpha value is -3.39. The number of carbonyl (C=O) groups excluding carboxylic acids is 2. The highest BCUT2D eigenvalue weighted by Gasteiger charge is 2.15. The number of nitriles is 1. The Kier molecular flexibility index (Phi) is 5.26. The fourth-order valence-corrected chi connectivity index (χ4v) is 1.93. The SMILES string of the molecule is COC(=O)c1ccccc1NC(=O)/C(C#N)=C/c1ccccc1. The van der Waals surface area contributed by atoms with Gasteiger partial charge in [0.05, 0.1) is 18.4 Å². The summed E-state index contributed by atoms with van der Waals surface area (Å²) in [5.74, 6) is -1.15. The van der Waals surface area contributed by atoms with Crippen LogP contribution in [0.2, 0.25) is 0 Å². The number of methoxy groups -OCH3 is 1. The van der Waals surface area contributed by atoms with Crippen molar-refractivity contribution >= 4 is 23.6 Å². The Labute approximate surface area is 133 Å². The molecule has 5 nitrogen and oxygen atoms in total. The molecule has 0 aliphatic heterocycles. The molecule has 2 rings (SSSR count). The summed E-state index contributed by atoms with van der Waals surface area (Å²) in [7, 11) is 1.26. The van der Waals surface area contributed by atoms with Crippen LogP contribution in [0.4, 0.5) is 5.69 Å². The standard InChI is InChI=1S/C18H14N2O3/c1-23-18(22)15-9-5-6-10-16(15)20-17(21)14(12-19)11-13-7-3-2-4-8-13/h2-11H,1H3,(H,20,21)/b14-11+. The molecule has 1 N–H and O–H groups in total. The molecule has 1 amide bonds. The summed E-state index contributed by atoms with van der Waals surface area (Å²) >= 11 is 0. The van der Waals surface area contributed by atoms with Gasteiger partial charge in [0.1, 0.15) is 11.6 Å². The van der Waals surface area contributed by atoms with E-state index in [2.05, 4.69) is 10.1 Å². The van der Waals surface area contributed by atoms with E-state index in [-0.39, 0.29) is 11.1 Å². The highest BCUT2D eigenvalue weighted by atomic mass is 16.5. The lowest BCUT2D eigenvalue weighted by Gasteiger charge is -2.09. The number of ether oxygens (including phenoxy) is 1. The number of nitrogens with one attached hydrogen (secondary N) is 1. The predicted molar refractivity (Wildman–Crippen MR) is 86.4 cm³/mol. The first kappa shape index (κ1) is 16.0. The molecule has 0 saturated heterocycles. The van der Waals surface area contributed by atoms with Crippen LogP contribution < -0.4 is 5.32 Å². The van der Waals surface area contributed by atoms with Crippen LogP contribution in [0, 0.1) is 11.3 Å². The maximum absolute atomic E-state index is 12.3. The monoisotopic (exact) mass is 306 g/mol. The van der Waals surface area contributed by atoms with E-state index >= 15 is 0 Å². The highest BCUT2D eigenvalue weighted by Crippen LogP contribution is 2.17. The molecule has 0 heterocycles. The number of para-hydroxylation sites is 1. The van der Waals surface area contributed by atoms with E-state index in [9.17, 15) is 14.9 Å². The van der Waals surface area contributed by atoms with Gasteiger partial charge in [-0.25, -0.2) is 4.79 Å². The van der Waals surface area contributed by atoms with E-state index in [1.165, 1.54) is 19.3 Å².